The number of allylic oxidation sites excluding steroid dienone is 2. The molecule has 0 aliphatic carbocycles. The topological polar surface area (TPSA) is 52.6 Å². The van der Waals surface area contributed by atoms with Crippen LogP contribution in [0.25, 0.3) is 0 Å². The average molecular weight is 284 g/mol. The zero-order valence-corrected chi connectivity index (χ0v) is 13.2. The van der Waals surface area contributed by atoms with Crippen molar-refractivity contribution in [2.24, 2.45) is 5.92 Å². The number of hydrogen-bond acceptors (Lipinski definition) is 4. The van der Waals surface area contributed by atoms with Gasteiger partial charge in [-0.2, -0.15) is 0 Å². The maximum Gasteiger partial charge on any atom is 0.320 e. The lowest BCUT2D eigenvalue weighted by Gasteiger charge is -2.13. The summed E-state index contributed by atoms with van der Waals surface area (Å²) in [6, 6.07) is 0. The van der Waals surface area contributed by atoms with Crippen LogP contribution in [0.1, 0.15) is 59.8 Å². The predicted octanol–water partition coefficient (Wildman–Crippen LogP) is 3.65. The second-order valence-electron chi connectivity index (χ2n) is 4.79. The lowest BCUT2D eigenvalue weighted by atomic mass is 10.0. The number of ether oxygens (including phenoxy) is 2. The van der Waals surface area contributed by atoms with E-state index in [1.54, 1.807) is 13.8 Å². The van der Waals surface area contributed by atoms with Gasteiger partial charge in [-0.25, -0.2) is 0 Å². The third kappa shape index (κ3) is 7.97. The third-order valence-corrected chi connectivity index (χ3v) is 3.02. The van der Waals surface area contributed by atoms with Crippen molar-refractivity contribution in [1.82, 2.24) is 0 Å². The van der Waals surface area contributed by atoms with Crippen LogP contribution in [0.15, 0.2) is 11.6 Å². The number of hydrogen-bond donors (Lipinski definition) is 0. The molecule has 0 bridgehead atoms. The summed E-state index contributed by atoms with van der Waals surface area (Å²) in [5.41, 5.74) is 1.30. The van der Waals surface area contributed by atoms with Crippen molar-refractivity contribution >= 4 is 11.9 Å². The number of carbonyl (C=O) groups excluding carboxylic acids is 2. The molecule has 0 saturated carbocycles. The lowest BCUT2D eigenvalue weighted by Crippen LogP contribution is -2.28. The van der Waals surface area contributed by atoms with Crippen LogP contribution >= 0.6 is 0 Å². The second kappa shape index (κ2) is 11.5. The van der Waals surface area contributed by atoms with Gasteiger partial charge in [-0.1, -0.05) is 25.0 Å². The van der Waals surface area contributed by atoms with Crippen molar-refractivity contribution in [2.45, 2.75) is 59.8 Å². The summed E-state index contributed by atoms with van der Waals surface area (Å²) in [6.45, 7) is 8.26. The van der Waals surface area contributed by atoms with Crippen LogP contribution in [0.2, 0.25) is 0 Å². The summed E-state index contributed by atoms with van der Waals surface area (Å²) in [5.74, 6) is -1.76. The molecule has 0 atom stereocenters. The summed E-state index contributed by atoms with van der Waals surface area (Å²) in [5, 5.41) is 0. The Morgan fingerprint density at radius 1 is 1.05 bits per heavy atom. The van der Waals surface area contributed by atoms with Crippen LogP contribution in [-0.2, 0) is 19.1 Å². The van der Waals surface area contributed by atoms with Crippen LogP contribution in [0, 0.1) is 5.92 Å². The third-order valence-electron chi connectivity index (χ3n) is 3.02. The molecule has 0 aliphatic heterocycles. The highest BCUT2D eigenvalue weighted by Gasteiger charge is 2.28. The van der Waals surface area contributed by atoms with E-state index in [0.29, 0.717) is 12.8 Å². The molecule has 0 fully saturated rings. The van der Waals surface area contributed by atoms with Crippen LogP contribution in [0.4, 0.5) is 0 Å². The molecule has 0 aromatic rings. The Morgan fingerprint density at radius 3 is 2.05 bits per heavy atom. The molecule has 0 unspecified atom stereocenters. The molecule has 0 saturated heterocycles. The van der Waals surface area contributed by atoms with E-state index in [1.807, 2.05) is 0 Å². The first kappa shape index (κ1) is 18.7. The molecule has 0 heterocycles. The number of esters is 2. The SMILES string of the molecule is CCCCC(C)=CCCC(C(=O)OCC)C(=O)OCC. The minimum Gasteiger partial charge on any atom is -0.465 e. The Kier molecular flexibility index (Phi) is 10.7. The van der Waals surface area contributed by atoms with Gasteiger partial charge >= 0.3 is 11.9 Å². The van der Waals surface area contributed by atoms with Crippen molar-refractivity contribution in [3.8, 4) is 0 Å². The molecule has 0 amide bonds. The summed E-state index contributed by atoms with van der Waals surface area (Å²) >= 11 is 0. The molecule has 116 valence electrons. The molecule has 20 heavy (non-hydrogen) atoms. The van der Waals surface area contributed by atoms with E-state index >= 15 is 0 Å². The maximum absolute atomic E-state index is 11.8. The lowest BCUT2D eigenvalue weighted by molar-refractivity contribution is -0.161. The second-order valence-corrected chi connectivity index (χ2v) is 4.79. The standard InChI is InChI=1S/C16H28O4/c1-5-8-10-13(4)11-9-12-14(15(17)19-6-2)16(18)20-7-3/h11,14H,5-10,12H2,1-4H3. The fourth-order valence-electron chi connectivity index (χ4n) is 1.87. The Labute approximate surface area is 122 Å². The number of rotatable bonds is 10. The first-order chi connectivity index (χ1) is 9.56. The van der Waals surface area contributed by atoms with Crippen molar-refractivity contribution in [1.29, 1.82) is 0 Å². The molecule has 0 radical (unpaired) electrons. The molecule has 0 aromatic heterocycles. The first-order valence-electron chi connectivity index (χ1n) is 7.55. The quantitative estimate of drug-likeness (QED) is 0.349. The minimum absolute atomic E-state index is 0.278. The fourth-order valence-corrected chi connectivity index (χ4v) is 1.87. The maximum atomic E-state index is 11.8. The van der Waals surface area contributed by atoms with Crippen LogP contribution in [-0.4, -0.2) is 25.2 Å². The Bertz CT molecular complexity index is 302. The summed E-state index contributed by atoms with van der Waals surface area (Å²) < 4.78 is 9.87. The Balaban J connectivity index is 4.42. The minimum atomic E-state index is -0.801. The fraction of sp³-hybridized carbons (Fsp3) is 0.750. The van der Waals surface area contributed by atoms with Gasteiger partial charge in [-0.3, -0.25) is 9.59 Å². The zero-order chi connectivity index (χ0) is 15.4. The normalized spacial score (nSPS) is 11.6. The van der Waals surface area contributed by atoms with Gasteiger partial charge < -0.3 is 9.47 Å². The van der Waals surface area contributed by atoms with Gasteiger partial charge in [-0.15, -0.1) is 0 Å². The molecule has 4 heteroatoms. The van der Waals surface area contributed by atoms with Crippen LogP contribution in [0.5, 0.6) is 0 Å². The van der Waals surface area contributed by atoms with E-state index in [0.717, 1.165) is 6.42 Å². The molecular formula is C16H28O4. The van der Waals surface area contributed by atoms with E-state index in [1.165, 1.54) is 18.4 Å². The van der Waals surface area contributed by atoms with E-state index in [-0.39, 0.29) is 13.2 Å². The highest BCUT2D eigenvalue weighted by atomic mass is 16.6. The van der Waals surface area contributed by atoms with E-state index in [4.69, 9.17) is 9.47 Å². The molecule has 0 aliphatic rings. The number of carbonyl (C=O) groups is 2. The molecule has 0 rings (SSSR count). The molecule has 0 spiro atoms. The van der Waals surface area contributed by atoms with E-state index in [2.05, 4.69) is 19.9 Å². The smallest absolute Gasteiger partial charge is 0.320 e. The van der Waals surface area contributed by atoms with Gasteiger partial charge in [0.05, 0.1) is 13.2 Å². The van der Waals surface area contributed by atoms with E-state index in [9.17, 15) is 9.59 Å². The van der Waals surface area contributed by atoms with Gasteiger partial charge in [-0.05, 0) is 46.5 Å². The molecule has 4 nitrogen and oxygen atoms in total. The highest BCUT2D eigenvalue weighted by molar-refractivity contribution is 5.94. The largest absolute Gasteiger partial charge is 0.465 e. The van der Waals surface area contributed by atoms with Crippen molar-refractivity contribution in [2.75, 3.05) is 13.2 Å². The van der Waals surface area contributed by atoms with Crippen molar-refractivity contribution in [3.05, 3.63) is 11.6 Å². The molecule has 0 N–H and O–H groups in total. The van der Waals surface area contributed by atoms with Gasteiger partial charge in [0.2, 0.25) is 0 Å². The monoisotopic (exact) mass is 284 g/mol. The molecular weight excluding hydrogens is 256 g/mol. The van der Waals surface area contributed by atoms with Crippen LogP contribution in [0.3, 0.4) is 0 Å². The van der Waals surface area contributed by atoms with Gasteiger partial charge in [0.1, 0.15) is 0 Å². The zero-order valence-electron chi connectivity index (χ0n) is 13.2. The van der Waals surface area contributed by atoms with Crippen LogP contribution < -0.4 is 0 Å². The Hall–Kier alpha value is -1.32. The first-order valence-corrected chi connectivity index (χ1v) is 7.55. The van der Waals surface area contributed by atoms with Crippen molar-refractivity contribution in [3.63, 3.8) is 0 Å². The van der Waals surface area contributed by atoms with Gasteiger partial charge in [0.15, 0.2) is 5.92 Å². The van der Waals surface area contributed by atoms with Gasteiger partial charge in [0.25, 0.3) is 0 Å². The summed E-state index contributed by atoms with van der Waals surface area (Å²) in [6.07, 6.45) is 6.64. The Morgan fingerprint density at radius 2 is 1.60 bits per heavy atom. The average Bonchev–Trinajstić information content (AvgIpc) is 2.41. The predicted molar refractivity (Wildman–Crippen MR) is 79.3 cm³/mol. The van der Waals surface area contributed by atoms with Gasteiger partial charge in [0, 0.05) is 0 Å². The summed E-state index contributed by atoms with van der Waals surface area (Å²) in [7, 11) is 0. The summed E-state index contributed by atoms with van der Waals surface area (Å²) in [4.78, 5) is 23.5. The highest BCUT2D eigenvalue weighted by Crippen LogP contribution is 2.15. The number of unbranched alkanes of at least 4 members (excludes halogenated alkanes) is 1. The molecule has 0 aromatic carbocycles. The van der Waals surface area contributed by atoms with Crippen molar-refractivity contribution < 1.29 is 19.1 Å². The van der Waals surface area contributed by atoms with E-state index < -0.39 is 17.9 Å².